The van der Waals surface area contributed by atoms with Crippen molar-refractivity contribution >= 4 is 40.8 Å². The molecule has 0 fully saturated rings. The predicted molar refractivity (Wildman–Crippen MR) is 93.9 cm³/mol. The van der Waals surface area contributed by atoms with Gasteiger partial charge in [0.15, 0.2) is 0 Å². The fourth-order valence-electron chi connectivity index (χ4n) is 1.75. The van der Waals surface area contributed by atoms with Gasteiger partial charge in [0.1, 0.15) is 0 Å². The van der Waals surface area contributed by atoms with Crippen LogP contribution in [0.3, 0.4) is 0 Å². The number of anilines is 1. The number of hydrogen-bond acceptors (Lipinski definition) is 4. The summed E-state index contributed by atoms with van der Waals surface area (Å²) >= 11 is 1.50. The van der Waals surface area contributed by atoms with Crippen molar-refractivity contribution in [3.63, 3.8) is 0 Å². The van der Waals surface area contributed by atoms with Crippen LogP contribution in [0.25, 0.3) is 6.08 Å². The van der Waals surface area contributed by atoms with Crippen molar-refractivity contribution in [3.8, 4) is 0 Å². The highest BCUT2D eigenvalue weighted by atomic mass is 32.1. The Hall–Kier alpha value is -2.93. The molecule has 0 atom stereocenters. The average molecular weight is 343 g/mol. The number of nitrogens with one attached hydrogen (secondary N) is 3. The van der Waals surface area contributed by atoms with Gasteiger partial charge in [-0.1, -0.05) is 24.3 Å². The van der Waals surface area contributed by atoms with E-state index in [9.17, 15) is 14.4 Å². The van der Waals surface area contributed by atoms with Gasteiger partial charge in [-0.2, -0.15) is 0 Å². The van der Waals surface area contributed by atoms with E-state index in [2.05, 4.69) is 16.2 Å². The number of hydrazine groups is 1. The number of hydrogen-bond donors (Lipinski definition) is 3. The summed E-state index contributed by atoms with van der Waals surface area (Å²) in [6.07, 6.45) is 2.99. The van der Waals surface area contributed by atoms with Crippen LogP contribution in [-0.4, -0.2) is 17.7 Å². The largest absolute Gasteiger partial charge is 0.326 e. The van der Waals surface area contributed by atoms with Crippen molar-refractivity contribution in [3.05, 3.63) is 58.8 Å². The number of para-hydroxylation sites is 1. The number of thiophene rings is 1. The Labute approximate surface area is 143 Å². The first-order valence-electron chi connectivity index (χ1n) is 7.29. The maximum Gasteiger partial charge on any atom is 0.262 e. The molecule has 0 aliphatic carbocycles. The lowest BCUT2D eigenvalue weighted by atomic mass is 10.2. The van der Waals surface area contributed by atoms with Gasteiger partial charge in [0.05, 0.1) is 0 Å². The third-order valence-corrected chi connectivity index (χ3v) is 3.74. The number of carbonyl (C=O) groups excluding carboxylic acids is 3. The molecule has 0 unspecified atom stereocenters. The minimum absolute atomic E-state index is 0.0203. The van der Waals surface area contributed by atoms with Crippen molar-refractivity contribution < 1.29 is 14.4 Å². The highest BCUT2D eigenvalue weighted by Gasteiger charge is 2.07. The molecule has 0 saturated carbocycles. The van der Waals surface area contributed by atoms with Crippen LogP contribution in [0, 0.1) is 0 Å². The van der Waals surface area contributed by atoms with Gasteiger partial charge in [-0.15, -0.1) is 11.3 Å². The summed E-state index contributed by atoms with van der Waals surface area (Å²) in [5.41, 5.74) is 5.21. The Morgan fingerprint density at radius 2 is 1.67 bits per heavy atom. The van der Waals surface area contributed by atoms with Gasteiger partial charge in [-0.05, 0) is 29.7 Å². The van der Waals surface area contributed by atoms with E-state index in [1.165, 1.54) is 17.4 Å². The third-order valence-electron chi connectivity index (χ3n) is 2.90. The first-order valence-corrected chi connectivity index (χ1v) is 8.17. The van der Waals surface area contributed by atoms with Crippen LogP contribution in [0.4, 0.5) is 5.69 Å². The lowest BCUT2D eigenvalue weighted by molar-refractivity contribution is -0.128. The monoisotopic (exact) mass is 343 g/mol. The van der Waals surface area contributed by atoms with Crippen LogP contribution < -0.4 is 16.2 Å². The van der Waals surface area contributed by atoms with E-state index in [-0.39, 0.29) is 18.7 Å². The molecule has 0 spiro atoms. The molecule has 0 bridgehead atoms. The minimum Gasteiger partial charge on any atom is -0.326 e. The zero-order chi connectivity index (χ0) is 17.2. The molecule has 3 amide bonds. The summed E-state index contributed by atoms with van der Waals surface area (Å²) in [5, 5.41) is 4.58. The number of benzene rings is 1. The Morgan fingerprint density at radius 1 is 0.917 bits per heavy atom. The van der Waals surface area contributed by atoms with Crippen LogP contribution in [0.1, 0.15) is 17.7 Å². The molecule has 2 aromatic rings. The van der Waals surface area contributed by atoms with Gasteiger partial charge in [-0.3, -0.25) is 25.2 Å². The highest BCUT2D eigenvalue weighted by molar-refractivity contribution is 7.10. The molecule has 1 heterocycles. The molecule has 1 aromatic carbocycles. The zero-order valence-corrected chi connectivity index (χ0v) is 13.6. The first-order chi connectivity index (χ1) is 11.6. The molecule has 0 aliphatic heterocycles. The Balaban J connectivity index is 1.64. The van der Waals surface area contributed by atoms with Crippen molar-refractivity contribution in [2.24, 2.45) is 0 Å². The third kappa shape index (κ3) is 6.45. The van der Waals surface area contributed by atoms with Crippen molar-refractivity contribution in [1.82, 2.24) is 10.9 Å². The molecular weight excluding hydrogens is 326 g/mol. The van der Waals surface area contributed by atoms with Gasteiger partial charge in [0, 0.05) is 29.5 Å². The molecule has 1 aromatic heterocycles. The quantitative estimate of drug-likeness (QED) is 0.556. The van der Waals surface area contributed by atoms with E-state index in [1.807, 2.05) is 35.7 Å². The van der Waals surface area contributed by atoms with Gasteiger partial charge in [0.2, 0.25) is 11.8 Å². The second-order valence-corrected chi connectivity index (χ2v) is 5.78. The molecule has 0 radical (unpaired) electrons. The maximum atomic E-state index is 11.7. The fraction of sp³-hybridized carbons (Fsp3) is 0.118. The van der Waals surface area contributed by atoms with Gasteiger partial charge in [0.25, 0.3) is 5.91 Å². The molecule has 6 nitrogen and oxygen atoms in total. The van der Waals surface area contributed by atoms with E-state index in [0.29, 0.717) is 5.69 Å². The molecule has 0 saturated heterocycles. The summed E-state index contributed by atoms with van der Waals surface area (Å²) in [7, 11) is 0. The topological polar surface area (TPSA) is 87.3 Å². The number of carbonyl (C=O) groups is 3. The zero-order valence-electron chi connectivity index (χ0n) is 12.8. The van der Waals surface area contributed by atoms with E-state index in [1.54, 1.807) is 18.2 Å². The van der Waals surface area contributed by atoms with Crippen molar-refractivity contribution in [2.75, 3.05) is 5.32 Å². The smallest absolute Gasteiger partial charge is 0.262 e. The summed E-state index contributed by atoms with van der Waals surface area (Å²) < 4.78 is 0. The lowest BCUT2D eigenvalue weighted by Gasteiger charge is -2.06. The summed E-state index contributed by atoms with van der Waals surface area (Å²) in [5.74, 6) is -1.14. The number of rotatable bonds is 6. The van der Waals surface area contributed by atoms with Gasteiger partial charge in [-0.25, -0.2) is 0 Å². The molecule has 24 heavy (non-hydrogen) atoms. The van der Waals surface area contributed by atoms with Crippen LogP contribution in [0.15, 0.2) is 53.9 Å². The van der Waals surface area contributed by atoms with Gasteiger partial charge < -0.3 is 5.32 Å². The van der Waals surface area contributed by atoms with E-state index in [4.69, 9.17) is 0 Å². The van der Waals surface area contributed by atoms with Crippen LogP contribution >= 0.6 is 11.3 Å². The average Bonchev–Trinajstić information content (AvgIpc) is 3.10. The summed E-state index contributed by atoms with van der Waals surface area (Å²) in [6.45, 7) is 0. The predicted octanol–water partition coefficient (Wildman–Crippen LogP) is 2.33. The van der Waals surface area contributed by atoms with Crippen molar-refractivity contribution in [2.45, 2.75) is 12.8 Å². The Morgan fingerprint density at radius 3 is 2.38 bits per heavy atom. The molecule has 3 N–H and O–H groups in total. The standard InChI is InChI=1S/C17H17N3O3S/c21-15(18-13-5-2-1-3-6-13)10-11-17(23)20-19-16(22)9-8-14-7-4-12-24-14/h1-9,12H,10-11H2,(H,18,21)(H,19,22)(H,20,23)/b9-8+. The minimum atomic E-state index is -0.439. The number of amides is 3. The molecule has 7 heteroatoms. The first kappa shape index (κ1) is 17.4. The van der Waals surface area contributed by atoms with Crippen LogP contribution in [0.5, 0.6) is 0 Å². The Kier molecular flexibility index (Phi) is 6.73. The van der Waals surface area contributed by atoms with Crippen LogP contribution in [-0.2, 0) is 14.4 Å². The molecule has 2 rings (SSSR count). The summed E-state index contributed by atoms with van der Waals surface area (Å²) in [4.78, 5) is 35.8. The maximum absolute atomic E-state index is 11.7. The highest BCUT2D eigenvalue weighted by Crippen LogP contribution is 2.09. The summed E-state index contributed by atoms with van der Waals surface area (Å²) in [6, 6.07) is 12.7. The van der Waals surface area contributed by atoms with Gasteiger partial charge >= 0.3 is 0 Å². The second-order valence-electron chi connectivity index (χ2n) is 4.80. The molecule has 0 aliphatic rings. The van der Waals surface area contributed by atoms with Crippen molar-refractivity contribution in [1.29, 1.82) is 0 Å². The Bertz CT molecular complexity index is 712. The van der Waals surface area contributed by atoms with E-state index < -0.39 is 11.8 Å². The molecular formula is C17H17N3O3S. The van der Waals surface area contributed by atoms with E-state index in [0.717, 1.165) is 4.88 Å². The fourth-order valence-corrected chi connectivity index (χ4v) is 2.37. The normalized spacial score (nSPS) is 10.3. The van der Waals surface area contributed by atoms with Crippen LogP contribution in [0.2, 0.25) is 0 Å². The van der Waals surface area contributed by atoms with E-state index >= 15 is 0 Å². The lowest BCUT2D eigenvalue weighted by Crippen LogP contribution is -2.40. The second kappa shape index (κ2) is 9.26. The SMILES string of the molecule is O=C(/C=C/c1cccs1)NNC(=O)CCC(=O)Nc1ccccc1. The molecule has 124 valence electrons.